The second-order valence-corrected chi connectivity index (χ2v) is 4.62. The van der Waals surface area contributed by atoms with Crippen LogP contribution in [-0.4, -0.2) is 5.78 Å². The van der Waals surface area contributed by atoms with E-state index in [4.69, 9.17) is 0 Å². The van der Waals surface area contributed by atoms with E-state index in [1.54, 1.807) is 6.92 Å². The SMILES string of the molecule is CC(=O)CC1C(C)C=C(C)CC1C. The molecule has 13 heavy (non-hydrogen) atoms. The number of Topliss-reactive ketones (excluding diaryl/α,β-unsaturated/α-hetero) is 1. The van der Waals surface area contributed by atoms with Crippen LogP contribution in [0.5, 0.6) is 0 Å². The van der Waals surface area contributed by atoms with Crippen LogP contribution in [0.1, 0.15) is 40.5 Å². The lowest BCUT2D eigenvalue weighted by Crippen LogP contribution is -2.25. The molecule has 0 fully saturated rings. The number of carbonyl (C=O) groups excluding carboxylic acids is 1. The fraction of sp³-hybridized carbons (Fsp3) is 0.750. The monoisotopic (exact) mass is 180 g/mol. The number of ketones is 1. The van der Waals surface area contributed by atoms with Crippen LogP contribution in [-0.2, 0) is 4.79 Å². The van der Waals surface area contributed by atoms with Crippen LogP contribution in [0.2, 0.25) is 0 Å². The molecule has 0 aromatic carbocycles. The molecule has 0 aliphatic heterocycles. The van der Waals surface area contributed by atoms with Crippen LogP contribution in [0, 0.1) is 17.8 Å². The van der Waals surface area contributed by atoms with Gasteiger partial charge in [-0.1, -0.05) is 25.5 Å². The summed E-state index contributed by atoms with van der Waals surface area (Å²) in [6, 6.07) is 0. The van der Waals surface area contributed by atoms with Gasteiger partial charge in [0.15, 0.2) is 0 Å². The van der Waals surface area contributed by atoms with E-state index < -0.39 is 0 Å². The first-order chi connectivity index (χ1) is 6.00. The lowest BCUT2D eigenvalue weighted by Gasteiger charge is -2.32. The zero-order chi connectivity index (χ0) is 10.0. The molecule has 74 valence electrons. The van der Waals surface area contributed by atoms with Crippen LogP contribution < -0.4 is 0 Å². The minimum absolute atomic E-state index is 0.330. The normalized spacial score (nSPS) is 34.2. The van der Waals surface area contributed by atoms with Gasteiger partial charge >= 0.3 is 0 Å². The van der Waals surface area contributed by atoms with Gasteiger partial charge < -0.3 is 4.79 Å². The van der Waals surface area contributed by atoms with E-state index in [0.717, 1.165) is 6.42 Å². The maximum absolute atomic E-state index is 11.1. The van der Waals surface area contributed by atoms with Crippen molar-refractivity contribution in [1.82, 2.24) is 0 Å². The molecular formula is C12H20O. The van der Waals surface area contributed by atoms with Gasteiger partial charge in [0.1, 0.15) is 5.78 Å². The highest BCUT2D eigenvalue weighted by Crippen LogP contribution is 2.35. The molecule has 1 rings (SSSR count). The van der Waals surface area contributed by atoms with Crippen LogP contribution >= 0.6 is 0 Å². The van der Waals surface area contributed by atoms with Crippen molar-refractivity contribution >= 4 is 5.78 Å². The van der Waals surface area contributed by atoms with Gasteiger partial charge in [-0.05, 0) is 38.0 Å². The molecule has 0 heterocycles. The predicted octanol–water partition coefficient (Wildman–Crippen LogP) is 3.20. The molecule has 0 spiro atoms. The van der Waals surface area contributed by atoms with E-state index >= 15 is 0 Å². The maximum atomic E-state index is 11.1. The Bertz CT molecular complexity index is 227. The summed E-state index contributed by atoms with van der Waals surface area (Å²) in [7, 11) is 0. The Morgan fingerprint density at radius 3 is 2.62 bits per heavy atom. The number of rotatable bonds is 2. The van der Waals surface area contributed by atoms with Gasteiger partial charge in [-0.2, -0.15) is 0 Å². The summed E-state index contributed by atoms with van der Waals surface area (Å²) in [5, 5.41) is 0. The summed E-state index contributed by atoms with van der Waals surface area (Å²) in [5.74, 6) is 2.15. The van der Waals surface area contributed by atoms with Gasteiger partial charge in [-0.15, -0.1) is 0 Å². The molecule has 0 saturated carbocycles. The van der Waals surface area contributed by atoms with Gasteiger partial charge in [-0.3, -0.25) is 0 Å². The molecule has 0 saturated heterocycles. The third kappa shape index (κ3) is 2.68. The molecule has 1 aliphatic rings. The smallest absolute Gasteiger partial charge is 0.130 e. The summed E-state index contributed by atoms with van der Waals surface area (Å²) < 4.78 is 0. The second kappa shape index (κ2) is 4.08. The summed E-state index contributed by atoms with van der Waals surface area (Å²) in [6.45, 7) is 8.38. The van der Waals surface area contributed by atoms with Crippen LogP contribution in [0.3, 0.4) is 0 Å². The van der Waals surface area contributed by atoms with E-state index in [-0.39, 0.29) is 0 Å². The van der Waals surface area contributed by atoms with E-state index in [1.807, 2.05) is 0 Å². The first kappa shape index (κ1) is 10.5. The Morgan fingerprint density at radius 1 is 1.54 bits per heavy atom. The standard InChI is InChI=1S/C12H20O/c1-8-5-9(2)12(7-11(4)13)10(3)6-8/h5,9-10,12H,6-7H2,1-4H3. The molecule has 0 N–H and O–H groups in total. The van der Waals surface area contributed by atoms with Gasteiger partial charge in [0.2, 0.25) is 0 Å². The van der Waals surface area contributed by atoms with Crippen molar-refractivity contribution in [3.05, 3.63) is 11.6 Å². The van der Waals surface area contributed by atoms with Gasteiger partial charge in [0.25, 0.3) is 0 Å². The third-order valence-electron chi connectivity index (χ3n) is 3.12. The molecule has 1 aliphatic carbocycles. The van der Waals surface area contributed by atoms with Crippen molar-refractivity contribution in [3.8, 4) is 0 Å². The van der Waals surface area contributed by atoms with Crippen molar-refractivity contribution in [2.45, 2.75) is 40.5 Å². The zero-order valence-corrected chi connectivity index (χ0v) is 9.13. The first-order valence-electron chi connectivity index (χ1n) is 5.17. The number of allylic oxidation sites excluding steroid dienone is 2. The second-order valence-electron chi connectivity index (χ2n) is 4.62. The molecule has 0 aromatic rings. The Balaban J connectivity index is 2.68. The third-order valence-corrected chi connectivity index (χ3v) is 3.12. The quantitative estimate of drug-likeness (QED) is 0.596. The lowest BCUT2D eigenvalue weighted by atomic mass is 9.73. The van der Waals surface area contributed by atoms with E-state index in [9.17, 15) is 4.79 Å². The average molecular weight is 180 g/mol. The van der Waals surface area contributed by atoms with Gasteiger partial charge in [0, 0.05) is 6.42 Å². The van der Waals surface area contributed by atoms with E-state index in [2.05, 4.69) is 26.8 Å². The molecular weight excluding hydrogens is 160 g/mol. The average Bonchev–Trinajstić information content (AvgIpc) is 1.96. The Labute approximate surface area is 81.2 Å². The lowest BCUT2D eigenvalue weighted by molar-refractivity contribution is -0.118. The fourth-order valence-electron chi connectivity index (χ4n) is 2.54. The highest BCUT2D eigenvalue weighted by atomic mass is 16.1. The van der Waals surface area contributed by atoms with Crippen molar-refractivity contribution in [3.63, 3.8) is 0 Å². The van der Waals surface area contributed by atoms with Gasteiger partial charge in [0.05, 0.1) is 0 Å². The largest absolute Gasteiger partial charge is 0.300 e. The molecule has 3 unspecified atom stereocenters. The Kier molecular flexibility index (Phi) is 3.29. The fourth-order valence-corrected chi connectivity index (χ4v) is 2.54. The minimum atomic E-state index is 0.330. The summed E-state index contributed by atoms with van der Waals surface area (Å²) in [4.78, 5) is 11.1. The number of carbonyl (C=O) groups is 1. The topological polar surface area (TPSA) is 17.1 Å². The van der Waals surface area contributed by atoms with Crippen molar-refractivity contribution in [2.75, 3.05) is 0 Å². The molecule has 3 atom stereocenters. The summed E-state index contributed by atoms with van der Waals surface area (Å²) >= 11 is 0. The zero-order valence-electron chi connectivity index (χ0n) is 9.13. The Morgan fingerprint density at radius 2 is 2.15 bits per heavy atom. The minimum Gasteiger partial charge on any atom is -0.300 e. The van der Waals surface area contributed by atoms with Crippen molar-refractivity contribution in [2.24, 2.45) is 17.8 Å². The highest BCUT2D eigenvalue weighted by Gasteiger charge is 2.27. The molecule has 0 bridgehead atoms. The van der Waals surface area contributed by atoms with Crippen LogP contribution in [0.15, 0.2) is 11.6 Å². The van der Waals surface area contributed by atoms with Crippen LogP contribution in [0.25, 0.3) is 0 Å². The molecule has 1 heteroatoms. The Hall–Kier alpha value is -0.590. The van der Waals surface area contributed by atoms with Crippen molar-refractivity contribution in [1.29, 1.82) is 0 Å². The predicted molar refractivity (Wildman–Crippen MR) is 55.5 cm³/mol. The van der Waals surface area contributed by atoms with Crippen LogP contribution in [0.4, 0.5) is 0 Å². The van der Waals surface area contributed by atoms with E-state index in [1.165, 1.54) is 12.0 Å². The first-order valence-corrected chi connectivity index (χ1v) is 5.17. The molecule has 0 amide bonds. The highest BCUT2D eigenvalue weighted by molar-refractivity contribution is 5.75. The summed E-state index contributed by atoms with van der Waals surface area (Å²) in [5.41, 5.74) is 1.49. The molecule has 1 nitrogen and oxygen atoms in total. The molecule has 0 aromatic heterocycles. The number of hydrogen-bond acceptors (Lipinski definition) is 1. The van der Waals surface area contributed by atoms with Gasteiger partial charge in [-0.25, -0.2) is 0 Å². The van der Waals surface area contributed by atoms with Crippen molar-refractivity contribution < 1.29 is 4.79 Å². The van der Waals surface area contributed by atoms with E-state index in [0.29, 0.717) is 23.5 Å². The maximum Gasteiger partial charge on any atom is 0.130 e. The summed E-state index contributed by atoms with van der Waals surface area (Å²) in [6.07, 6.45) is 4.25. The number of hydrogen-bond donors (Lipinski definition) is 0. The molecule has 0 radical (unpaired) electrons.